The summed E-state index contributed by atoms with van der Waals surface area (Å²) in [6, 6.07) is 0. The van der Waals surface area contributed by atoms with Gasteiger partial charge < -0.3 is 18.4 Å². The van der Waals surface area contributed by atoms with Crippen LogP contribution in [0, 0.1) is 0 Å². The highest BCUT2D eigenvalue weighted by molar-refractivity contribution is 6.62. The molecule has 94 valence electrons. The van der Waals surface area contributed by atoms with Gasteiger partial charge in [-0.05, 0) is 13.3 Å². The van der Waals surface area contributed by atoms with Crippen molar-refractivity contribution in [2.75, 3.05) is 21.3 Å². The maximum Gasteiger partial charge on any atom is 0.507 e. The fraction of sp³-hybridized carbons (Fsp3) is 0.700. The molecule has 0 radical (unpaired) electrons. The van der Waals surface area contributed by atoms with Gasteiger partial charge in [-0.25, -0.2) is 4.79 Å². The summed E-state index contributed by atoms with van der Waals surface area (Å²) in [5.41, 5.74) is 0.124. The molecule has 0 heterocycles. The van der Waals surface area contributed by atoms with Gasteiger partial charge in [0.25, 0.3) is 0 Å². The number of allylic oxidation sites excluding steroid dienone is 1. The largest absolute Gasteiger partial charge is 0.507 e. The summed E-state index contributed by atoms with van der Waals surface area (Å²) in [6.45, 7) is 3.49. The van der Waals surface area contributed by atoms with Gasteiger partial charge in [0.15, 0.2) is 0 Å². The summed E-state index contributed by atoms with van der Waals surface area (Å²) in [4.78, 5) is 10.8. The highest BCUT2D eigenvalue weighted by Gasteiger charge is 2.45. The average Bonchev–Trinajstić information content (AvgIpc) is 2.29. The van der Waals surface area contributed by atoms with Crippen molar-refractivity contribution >= 4 is 14.8 Å². The van der Waals surface area contributed by atoms with Crippen LogP contribution in [-0.4, -0.2) is 41.2 Å². The fourth-order valence-corrected chi connectivity index (χ4v) is 3.91. The molecule has 0 aromatic heterocycles. The Kier molecular flexibility index (Phi) is 6.50. The summed E-state index contributed by atoms with van der Waals surface area (Å²) in [5, 5.41) is 8.83. The molecule has 0 saturated carbocycles. The molecule has 0 fully saturated rings. The van der Waals surface area contributed by atoms with Gasteiger partial charge >= 0.3 is 14.8 Å². The highest BCUT2D eigenvalue weighted by Crippen LogP contribution is 2.29. The van der Waals surface area contributed by atoms with Gasteiger partial charge in [-0.1, -0.05) is 13.0 Å². The van der Waals surface area contributed by atoms with Crippen molar-refractivity contribution in [2.45, 2.75) is 25.8 Å². The second kappa shape index (κ2) is 6.80. The van der Waals surface area contributed by atoms with E-state index >= 15 is 0 Å². The molecule has 0 aromatic rings. The van der Waals surface area contributed by atoms with Crippen LogP contribution in [0.4, 0.5) is 0 Å². The van der Waals surface area contributed by atoms with Crippen LogP contribution >= 0.6 is 0 Å². The van der Waals surface area contributed by atoms with E-state index in [1.165, 1.54) is 21.3 Å². The van der Waals surface area contributed by atoms with Gasteiger partial charge in [0.05, 0.1) is 0 Å². The van der Waals surface area contributed by atoms with E-state index in [1.807, 2.05) is 6.92 Å². The van der Waals surface area contributed by atoms with Gasteiger partial charge in [0.1, 0.15) is 0 Å². The number of rotatable bonds is 7. The lowest BCUT2D eigenvalue weighted by molar-refractivity contribution is -0.132. The molecular weight excluding hydrogens is 228 g/mol. The van der Waals surface area contributed by atoms with E-state index in [2.05, 4.69) is 0 Å². The van der Waals surface area contributed by atoms with Crippen molar-refractivity contribution in [1.29, 1.82) is 0 Å². The highest BCUT2D eigenvalue weighted by atomic mass is 28.4. The number of hydrogen-bond donors (Lipinski definition) is 1. The Bertz CT molecular complexity index is 252. The summed E-state index contributed by atoms with van der Waals surface area (Å²) < 4.78 is 16.0. The molecule has 0 bridgehead atoms. The molecule has 16 heavy (non-hydrogen) atoms. The van der Waals surface area contributed by atoms with Crippen molar-refractivity contribution in [1.82, 2.24) is 0 Å². The van der Waals surface area contributed by atoms with Crippen LogP contribution in [0.5, 0.6) is 0 Å². The van der Waals surface area contributed by atoms with E-state index in [4.69, 9.17) is 18.4 Å². The number of aliphatic carboxylic acids is 1. The molecule has 1 unspecified atom stereocenters. The van der Waals surface area contributed by atoms with E-state index < -0.39 is 14.8 Å². The fourth-order valence-electron chi connectivity index (χ4n) is 1.55. The average molecular weight is 248 g/mol. The van der Waals surface area contributed by atoms with Crippen LogP contribution in [-0.2, 0) is 18.1 Å². The van der Waals surface area contributed by atoms with Gasteiger partial charge in [0.2, 0.25) is 0 Å². The van der Waals surface area contributed by atoms with Crippen LogP contribution in [0.3, 0.4) is 0 Å². The maximum absolute atomic E-state index is 10.8. The minimum absolute atomic E-state index is 0.149. The van der Waals surface area contributed by atoms with E-state index in [0.717, 1.165) is 0 Å². The molecular formula is C10H20O5Si. The SMILES string of the molecule is CCC(C=C(C)C(=O)O)[Si](OC)(OC)OC. The quantitative estimate of drug-likeness (QED) is 0.548. The Morgan fingerprint density at radius 2 is 1.75 bits per heavy atom. The van der Waals surface area contributed by atoms with Crippen molar-refractivity contribution < 1.29 is 23.2 Å². The first-order valence-corrected chi connectivity index (χ1v) is 6.84. The maximum atomic E-state index is 10.8. The van der Waals surface area contributed by atoms with Crippen LogP contribution < -0.4 is 0 Å². The molecule has 0 saturated heterocycles. The third kappa shape index (κ3) is 3.41. The zero-order valence-corrected chi connectivity index (χ0v) is 11.4. The Labute approximate surface area is 97.4 Å². The molecule has 0 aliphatic heterocycles. The molecule has 1 atom stereocenters. The predicted octanol–water partition coefficient (Wildman–Crippen LogP) is 1.68. The van der Waals surface area contributed by atoms with Gasteiger partial charge in [-0.3, -0.25) is 0 Å². The molecule has 5 nitrogen and oxygen atoms in total. The normalized spacial score (nSPS) is 14.9. The Hall–Kier alpha value is -0.693. The van der Waals surface area contributed by atoms with E-state index in [0.29, 0.717) is 6.42 Å². The lowest BCUT2D eigenvalue weighted by Crippen LogP contribution is -2.47. The second-order valence-electron chi connectivity index (χ2n) is 3.39. The minimum atomic E-state index is -2.80. The summed E-state index contributed by atoms with van der Waals surface area (Å²) in [5.74, 6) is -0.940. The van der Waals surface area contributed by atoms with Gasteiger partial charge in [0, 0.05) is 32.4 Å². The smallest absolute Gasteiger partial charge is 0.478 e. The van der Waals surface area contributed by atoms with Gasteiger partial charge in [-0.15, -0.1) is 0 Å². The third-order valence-corrected chi connectivity index (χ3v) is 5.73. The first-order chi connectivity index (χ1) is 7.47. The zero-order valence-electron chi connectivity index (χ0n) is 10.4. The van der Waals surface area contributed by atoms with Crippen molar-refractivity contribution in [3.8, 4) is 0 Å². The second-order valence-corrected chi connectivity index (χ2v) is 6.56. The topological polar surface area (TPSA) is 65.0 Å². The van der Waals surface area contributed by atoms with Crippen LogP contribution in [0.25, 0.3) is 0 Å². The standard InChI is InChI=1S/C10H20O5Si/c1-6-9(7-8(2)10(11)12)16(13-3,14-4)15-5/h7,9H,6H2,1-5H3,(H,11,12). The van der Waals surface area contributed by atoms with E-state index in [1.54, 1.807) is 13.0 Å². The van der Waals surface area contributed by atoms with Crippen LogP contribution in [0.1, 0.15) is 20.3 Å². The first-order valence-electron chi connectivity index (χ1n) is 5.04. The molecule has 1 N–H and O–H groups in total. The molecule has 0 amide bonds. The van der Waals surface area contributed by atoms with Crippen LogP contribution in [0.15, 0.2) is 11.6 Å². The van der Waals surface area contributed by atoms with E-state index in [-0.39, 0.29) is 11.1 Å². The molecule has 0 aliphatic carbocycles. The minimum Gasteiger partial charge on any atom is -0.478 e. The molecule has 0 aromatic carbocycles. The molecule has 0 aliphatic rings. The lowest BCUT2D eigenvalue weighted by atomic mass is 10.2. The first kappa shape index (κ1) is 15.3. The molecule has 0 rings (SSSR count). The summed E-state index contributed by atoms with van der Waals surface area (Å²) in [7, 11) is 1.76. The van der Waals surface area contributed by atoms with E-state index in [9.17, 15) is 4.79 Å². The van der Waals surface area contributed by atoms with Gasteiger partial charge in [-0.2, -0.15) is 0 Å². The lowest BCUT2D eigenvalue weighted by Gasteiger charge is -2.30. The Balaban J connectivity index is 5.10. The predicted molar refractivity (Wildman–Crippen MR) is 62.2 cm³/mol. The molecule has 6 heteroatoms. The number of carboxylic acids is 1. The Morgan fingerprint density at radius 1 is 1.31 bits per heavy atom. The van der Waals surface area contributed by atoms with Crippen molar-refractivity contribution in [3.63, 3.8) is 0 Å². The number of hydrogen-bond acceptors (Lipinski definition) is 4. The zero-order chi connectivity index (χ0) is 12.8. The number of carboxylic acid groups (broad SMARTS) is 1. The Morgan fingerprint density at radius 3 is 2.00 bits per heavy atom. The molecule has 0 spiro atoms. The monoisotopic (exact) mass is 248 g/mol. The third-order valence-electron chi connectivity index (χ3n) is 2.54. The van der Waals surface area contributed by atoms with Crippen molar-refractivity contribution in [2.24, 2.45) is 0 Å². The summed E-state index contributed by atoms with van der Waals surface area (Å²) >= 11 is 0. The summed E-state index contributed by atoms with van der Waals surface area (Å²) in [6.07, 6.45) is 2.34. The van der Waals surface area contributed by atoms with Crippen LogP contribution in [0.2, 0.25) is 5.54 Å². The number of carbonyl (C=O) groups is 1. The van der Waals surface area contributed by atoms with Crippen molar-refractivity contribution in [3.05, 3.63) is 11.6 Å².